The Kier molecular flexibility index (Phi) is 6.43. The standard InChI is InChI=1S/C24H28N4O3S/c1-3-19(2)20-7-11-23(12-8-20)32(30,31)27-17-15-26(16-18-27)24(29)21-5-9-22(10-6-21)28-14-4-13-25-28/h4-14,19H,3,15-18H2,1-2H3. The van der Waals surface area contributed by atoms with E-state index in [0.29, 0.717) is 29.5 Å². The van der Waals surface area contributed by atoms with Gasteiger partial charge in [0.1, 0.15) is 0 Å². The first-order chi connectivity index (χ1) is 15.4. The Labute approximate surface area is 189 Å². The van der Waals surface area contributed by atoms with Crippen molar-refractivity contribution < 1.29 is 13.2 Å². The van der Waals surface area contributed by atoms with E-state index in [9.17, 15) is 13.2 Å². The molecule has 1 aliphatic rings. The molecule has 4 rings (SSSR count). The van der Waals surface area contributed by atoms with Crippen LogP contribution in [0, 0.1) is 0 Å². The second-order valence-corrected chi connectivity index (χ2v) is 10.0. The molecule has 1 amide bonds. The van der Waals surface area contributed by atoms with E-state index < -0.39 is 10.0 Å². The number of rotatable bonds is 6. The van der Waals surface area contributed by atoms with E-state index >= 15 is 0 Å². The van der Waals surface area contributed by atoms with Crippen molar-refractivity contribution in [2.75, 3.05) is 26.2 Å². The molecule has 0 aliphatic carbocycles. The molecule has 0 N–H and O–H groups in total. The monoisotopic (exact) mass is 452 g/mol. The molecule has 1 saturated heterocycles. The number of amides is 1. The van der Waals surface area contributed by atoms with Gasteiger partial charge < -0.3 is 4.90 Å². The van der Waals surface area contributed by atoms with E-state index in [0.717, 1.165) is 17.7 Å². The summed E-state index contributed by atoms with van der Waals surface area (Å²) in [6.07, 6.45) is 4.55. The molecular formula is C24H28N4O3S. The van der Waals surface area contributed by atoms with Gasteiger partial charge in [0.05, 0.1) is 10.6 Å². The van der Waals surface area contributed by atoms with Crippen LogP contribution in [0.5, 0.6) is 0 Å². The van der Waals surface area contributed by atoms with E-state index in [1.165, 1.54) is 4.31 Å². The van der Waals surface area contributed by atoms with E-state index in [1.54, 1.807) is 40.0 Å². The Hall–Kier alpha value is -2.97. The number of piperazine rings is 1. The molecule has 32 heavy (non-hydrogen) atoms. The maximum absolute atomic E-state index is 13.0. The van der Waals surface area contributed by atoms with Crippen LogP contribution in [0.1, 0.15) is 42.1 Å². The zero-order valence-electron chi connectivity index (χ0n) is 18.4. The number of benzene rings is 2. The van der Waals surface area contributed by atoms with Crippen LogP contribution in [-0.4, -0.2) is 59.5 Å². The average Bonchev–Trinajstić information content (AvgIpc) is 3.38. The van der Waals surface area contributed by atoms with Crippen LogP contribution in [0.2, 0.25) is 0 Å². The van der Waals surface area contributed by atoms with Crippen LogP contribution in [-0.2, 0) is 10.0 Å². The molecule has 1 unspecified atom stereocenters. The number of hydrogen-bond acceptors (Lipinski definition) is 4. The third-order valence-electron chi connectivity index (χ3n) is 6.11. The highest BCUT2D eigenvalue weighted by atomic mass is 32.2. The summed E-state index contributed by atoms with van der Waals surface area (Å²) in [6, 6.07) is 16.3. The first kappa shape index (κ1) is 22.2. The lowest BCUT2D eigenvalue weighted by atomic mass is 9.99. The fourth-order valence-corrected chi connectivity index (χ4v) is 5.27. The lowest BCUT2D eigenvalue weighted by Crippen LogP contribution is -2.50. The SMILES string of the molecule is CCC(C)c1ccc(S(=O)(=O)N2CCN(C(=O)c3ccc(-n4cccn4)cc3)CC2)cc1. The first-order valence-electron chi connectivity index (χ1n) is 10.9. The molecule has 8 heteroatoms. The summed E-state index contributed by atoms with van der Waals surface area (Å²) >= 11 is 0. The van der Waals surface area contributed by atoms with Gasteiger partial charge in [-0.05, 0) is 60.4 Å². The van der Waals surface area contributed by atoms with Crippen molar-refractivity contribution in [3.05, 3.63) is 78.1 Å². The van der Waals surface area contributed by atoms with Gasteiger partial charge in [-0.2, -0.15) is 9.40 Å². The van der Waals surface area contributed by atoms with Crippen LogP contribution in [0.3, 0.4) is 0 Å². The number of aromatic nitrogens is 2. The van der Waals surface area contributed by atoms with Gasteiger partial charge in [-0.3, -0.25) is 4.79 Å². The van der Waals surface area contributed by atoms with Gasteiger partial charge in [-0.15, -0.1) is 0 Å². The van der Waals surface area contributed by atoms with Crippen molar-refractivity contribution in [2.45, 2.75) is 31.1 Å². The maximum Gasteiger partial charge on any atom is 0.253 e. The minimum Gasteiger partial charge on any atom is -0.336 e. The number of carbonyl (C=O) groups is 1. The van der Waals surface area contributed by atoms with E-state index in [-0.39, 0.29) is 19.0 Å². The smallest absolute Gasteiger partial charge is 0.253 e. The van der Waals surface area contributed by atoms with Crippen molar-refractivity contribution in [3.8, 4) is 5.69 Å². The summed E-state index contributed by atoms with van der Waals surface area (Å²) in [6.45, 7) is 5.54. The Morgan fingerprint density at radius 1 is 1.00 bits per heavy atom. The number of sulfonamides is 1. The van der Waals surface area contributed by atoms with Crippen LogP contribution in [0.25, 0.3) is 5.69 Å². The van der Waals surface area contributed by atoms with Crippen LogP contribution >= 0.6 is 0 Å². The summed E-state index contributed by atoms with van der Waals surface area (Å²) in [4.78, 5) is 14.9. The molecule has 168 valence electrons. The van der Waals surface area contributed by atoms with Crippen LogP contribution < -0.4 is 0 Å². The lowest BCUT2D eigenvalue weighted by molar-refractivity contribution is 0.0698. The third kappa shape index (κ3) is 4.47. The van der Waals surface area contributed by atoms with Gasteiger partial charge in [0, 0.05) is 44.1 Å². The van der Waals surface area contributed by atoms with Gasteiger partial charge in [0.2, 0.25) is 10.0 Å². The summed E-state index contributed by atoms with van der Waals surface area (Å²) in [7, 11) is -3.57. The Morgan fingerprint density at radius 2 is 1.66 bits per heavy atom. The highest BCUT2D eigenvalue weighted by Gasteiger charge is 2.30. The third-order valence-corrected chi connectivity index (χ3v) is 8.02. The van der Waals surface area contributed by atoms with Crippen LogP contribution in [0.4, 0.5) is 0 Å². The molecule has 2 aromatic carbocycles. The average molecular weight is 453 g/mol. The molecular weight excluding hydrogens is 424 g/mol. The van der Waals surface area contributed by atoms with Crippen molar-refractivity contribution in [1.82, 2.24) is 19.0 Å². The molecule has 0 radical (unpaired) electrons. The van der Waals surface area contributed by atoms with Gasteiger partial charge >= 0.3 is 0 Å². The molecule has 1 atom stereocenters. The summed E-state index contributed by atoms with van der Waals surface area (Å²) < 4.78 is 29.3. The van der Waals surface area contributed by atoms with E-state index in [2.05, 4.69) is 18.9 Å². The molecule has 0 spiro atoms. The molecule has 0 saturated carbocycles. The molecule has 3 aromatic rings. The predicted octanol–water partition coefficient (Wildman–Crippen LogP) is 3.53. The highest BCUT2D eigenvalue weighted by Crippen LogP contribution is 2.23. The molecule has 2 heterocycles. The normalized spacial score (nSPS) is 16.1. The fraction of sp³-hybridized carbons (Fsp3) is 0.333. The minimum absolute atomic E-state index is 0.0908. The molecule has 1 fully saturated rings. The first-order valence-corrected chi connectivity index (χ1v) is 12.3. The molecule has 7 nitrogen and oxygen atoms in total. The minimum atomic E-state index is -3.57. The molecule has 1 aromatic heterocycles. The van der Waals surface area contributed by atoms with Crippen molar-refractivity contribution in [3.63, 3.8) is 0 Å². The van der Waals surface area contributed by atoms with Crippen LogP contribution in [0.15, 0.2) is 71.9 Å². The van der Waals surface area contributed by atoms with Gasteiger partial charge in [-0.1, -0.05) is 26.0 Å². The largest absolute Gasteiger partial charge is 0.336 e. The van der Waals surface area contributed by atoms with Crippen molar-refractivity contribution in [1.29, 1.82) is 0 Å². The van der Waals surface area contributed by atoms with Crippen molar-refractivity contribution in [2.24, 2.45) is 0 Å². The van der Waals surface area contributed by atoms with Gasteiger partial charge in [-0.25, -0.2) is 13.1 Å². The second-order valence-electron chi connectivity index (χ2n) is 8.07. The van der Waals surface area contributed by atoms with E-state index in [1.807, 2.05) is 36.5 Å². The second kappa shape index (κ2) is 9.26. The summed E-state index contributed by atoms with van der Waals surface area (Å²) in [5.41, 5.74) is 2.60. The van der Waals surface area contributed by atoms with Gasteiger partial charge in [0.25, 0.3) is 5.91 Å². The Balaban J connectivity index is 1.39. The van der Waals surface area contributed by atoms with Gasteiger partial charge in [0.15, 0.2) is 0 Å². The quantitative estimate of drug-likeness (QED) is 0.573. The molecule has 0 bridgehead atoms. The Morgan fingerprint density at radius 3 is 2.22 bits per heavy atom. The van der Waals surface area contributed by atoms with Crippen molar-refractivity contribution >= 4 is 15.9 Å². The lowest BCUT2D eigenvalue weighted by Gasteiger charge is -2.34. The Bertz CT molecular complexity index is 1150. The maximum atomic E-state index is 13.0. The zero-order chi connectivity index (χ0) is 22.7. The van der Waals surface area contributed by atoms with E-state index in [4.69, 9.17) is 0 Å². The predicted molar refractivity (Wildman–Crippen MR) is 123 cm³/mol. The summed E-state index contributed by atoms with van der Waals surface area (Å²) in [5, 5.41) is 4.18. The number of hydrogen-bond donors (Lipinski definition) is 0. The zero-order valence-corrected chi connectivity index (χ0v) is 19.2. The topological polar surface area (TPSA) is 75.5 Å². The summed E-state index contributed by atoms with van der Waals surface area (Å²) in [5.74, 6) is 0.307. The number of nitrogens with zero attached hydrogens (tertiary/aromatic N) is 4. The highest BCUT2D eigenvalue weighted by molar-refractivity contribution is 7.89. The number of carbonyl (C=O) groups excluding carboxylic acids is 1. The fourth-order valence-electron chi connectivity index (χ4n) is 3.85. The molecule has 1 aliphatic heterocycles.